The van der Waals surface area contributed by atoms with Gasteiger partial charge in [0, 0.05) is 0 Å². The van der Waals surface area contributed by atoms with E-state index in [0.717, 1.165) is 11.3 Å². The summed E-state index contributed by atoms with van der Waals surface area (Å²) in [6.07, 6.45) is 0. The molecule has 2 aromatic rings. The minimum Gasteiger partial charge on any atom is -0.505 e. The van der Waals surface area contributed by atoms with Crippen LogP contribution in [0.1, 0.15) is 10.7 Å². The largest absolute Gasteiger partial charge is 0.505 e. The Labute approximate surface area is 138 Å². The zero-order valence-corrected chi connectivity index (χ0v) is 13.2. The van der Waals surface area contributed by atoms with E-state index in [1.165, 1.54) is 19.1 Å². The molecule has 0 aliphatic rings. The van der Waals surface area contributed by atoms with Gasteiger partial charge in [-0.1, -0.05) is 23.2 Å². The fraction of sp³-hybridized carbons (Fsp3) is 0.0833. The van der Waals surface area contributed by atoms with E-state index in [-0.39, 0.29) is 42.9 Å². The lowest BCUT2D eigenvalue weighted by Crippen LogP contribution is -1.95. The second kappa shape index (κ2) is 6.27. The number of nitriles is 1. The minimum absolute atomic E-state index is 0.0233. The van der Waals surface area contributed by atoms with E-state index in [1.807, 2.05) is 6.07 Å². The van der Waals surface area contributed by atoms with E-state index < -0.39 is 4.92 Å². The molecule has 1 N–H and O–H groups in total. The molecular formula is C12H6Cl2N4O3S. The molecule has 1 aromatic carbocycles. The van der Waals surface area contributed by atoms with Crippen LogP contribution in [0.2, 0.25) is 10.0 Å². The van der Waals surface area contributed by atoms with Crippen LogP contribution in [-0.4, -0.2) is 20.7 Å². The van der Waals surface area contributed by atoms with Crippen molar-refractivity contribution in [3.8, 4) is 11.8 Å². The topological polar surface area (TPSA) is 112 Å². The molecule has 1 heterocycles. The molecule has 0 saturated heterocycles. The van der Waals surface area contributed by atoms with Gasteiger partial charge in [-0.25, -0.2) is 9.98 Å². The number of hydrogen-bond donors (Lipinski definition) is 1. The Morgan fingerprint density at radius 1 is 1.50 bits per heavy atom. The lowest BCUT2D eigenvalue weighted by molar-refractivity contribution is -0.380. The van der Waals surface area contributed by atoms with Crippen LogP contribution >= 0.6 is 34.5 Å². The van der Waals surface area contributed by atoms with Gasteiger partial charge in [0.25, 0.3) is 0 Å². The smallest absolute Gasteiger partial charge is 0.347 e. The Morgan fingerprint density at radius 3 is 2.55 bits per heavy atom. The molecule has 0 bridgehead atoms. The third-order valence-corrected chi connectivity index (χ3v) is 4.18. The van der Waals surface area contributed by atoms with Crippen LogP contribution in [0.25, 0.3) is 0 Å². The van der Waals surface area contributed by atoms with Crippen molar-refractivity contribution in [1.82, 2.24) is 4.98 Å². The summed E-state index contributed by atoms with van der Waals surface area (Å²) in [5.74, 6) is -0.290. The summed E-state index contributed by atoms with van der Waals surface area (Å²) in [4.78, 5) is 18.2. The van der Waals surface area contributed by atoms with Crippen molar-refractivity contribution in [1.29, 1.82) is 5.26 Å². The van der Waals surface area contributed by atoms with Gasteiger partial charge in [-0.3, -0.25) is 10.1 Å². The number of phenolic OH excluding ortho intramolecular Hbond substituents is 1. The van der Waals surface area contributed by atoms with Gasteiger partial charge in [0.1, 0.15) is 11.8 Å². The number of aromatic nitrogens is 1. The Bertz CT molecular complexity index is 818. The first-order chi connectivity index (χ1) is 10.3. The number of nitro groups is 1. The van der Waals surface area contributed by atoms with Crippen LogP contribution in [0.15, 0.2) is 17.1 Å². The van der Waals surface area contributed by atoms with Gasteiger partial charge in [0.05, 0.1) is 20.7 Å². The summed E-state index contributed by atoms with van der Waals surface area (Å²) < 4.78 is 0. The summed E-state index contributed by atoms with van der Waals surface area (Å²) in [7, 11) is 0. The first kappa shape index (κ1) is 16.2. The SMILES string of the molecule is Cc1nc(C(C#N)=Nc2cc(Cl)c(O)c(Cl)c2)sc1[N+](=O)[O-]. The normalized spacial score (nSPS) is 11.3. The average molecular weight is 357 g/mol. The molecule has 0 spiro atoms. The molecule has 7 nitrogen and oxygen atoms in total. The van der Waals surface area contributed by atoms with Crippen molar-refractivity contribution >= 4 is 50.9 Å². The molecule has 0 saturated carbocycles. The summed E-state index contributed by atoms with van der Waals surface area (Å²) in [6.45, 7) is 1.47. The van der Waals surface area contributed by atoms with E-state index in [0.29, 0.717) is 0 Å². The summed E-state index contributed by atoms with van der Waals surface area (Å²) in [5.41, 5.74) is 0.314. The number of phenols is 1. The Balaban J connectivity index is 2.51. The Kier molecular flexibility index (Phi) is 4.61. The molecule has 22 heavy (non-hydrogen) atoms. The first-order valence-electron chi connectivity index (χ1n) is 5.62. The average Bonchev–Trinajstić information content (AvgIpc) is 2.84. The second-order valence-corrected chi connectivity index (χ2v) is 5.79. The quantitative estimate of drug-likeness (QED) is 0.506. The number of benzene rings is 1. The molecule has 0 aliphatic carbocycles. The van der Waals surface area contributed by atoms with Crippen molar-refractivity contribution in [2.24, 2.45) is 4.99 Å². The monoisotopic (exact) mass is 356 g/mol. The van der Waals surface area contributed by atoms with Crippen LogP contribution in [0, 0.1) is 28.4 Å². The number of rotatable bonds is 3. The molecule has 0 amide bonds. The lowest BCUT2D eigenvalue weighted by atomic mass is 10.3. The van der Waals surface area contributed by atoms with Crippen molar-refractivity contribution in [2.75, 3.05) is 0 Å². The predicted octanol–water partition coefficient (Wildman–Crippen LogP) is 4.02. The second-order valence-electron chi connectivity index (χ2n) is 4.00. The van der Waals surface area contributed by atoms with Gasteiger partial charge in [-0.05, 0) is 30.4 Å². The zero-order valence-electron chi connectivity index (χ0n) is 10.9. The van der Waals surface area contributed by atoms with Gasteiger partial charge >= 0.3 is 5.00 Å². The minimum atomic E-state index is -0.570. The highest BCUT2D eigenvalue weighted by molar-refractivity contribution is 7.17. The third-order valence-electron chi connectivity index (χ3n) is 2.49. The number of thiazole rings is 1. The maximum absolute atomic E-state index is 10.8. The van der Waals surface area contributed by atoms with Crippen molar-refractivity contribution in [2.45, 2.75) is 6.92 Å². The fourth-order valence-electron chi connectivity index (χ4n) is 1.53. The summed E-state index contributed by atoms with van der Waals surface area (Å²) in [5, 5.41) is 29.4. The number of aliphatic imine (C=N–C) groups is 1. The lowest BCUT2D eigenvalue weighted by Gasteiger charge is -2.01. The molecule has 112 valence electrons. The highest BCUT2D eigenvalue weighted by atomic mass is 35.5. The van der Waals surface area contributed by atoms with Crippen molar-refractivity contribution in [3.05, 3.63) is 43.0 Å². The van der Waals surface area contributed by atoms with Gasteiger partial charge in [-0.15, -0.1) is 0 Å². The summed E-state index contributed by atoms with van der Waals surface area (Å²) in [6, 6.07) is 4.46. The van der Waals surface area contributed by atoms with Gasteiger partial charge in [-0.2, -0.15) is 5.26 Å². The van der Waals surface area contributed by atoms with Gasteiger partial charge in [0.15, 0.2) is 16.5 Å². The van der Waals surface area contributed by atoms with Crippen LogP contribution in [0.3, 0.4) is 0 Å². The third kappa shape index (κ3) is 3.17. The van der Waals surface area contributed by atoms with Crippen LogP contribution in [0.5, 0.6) is 5.75 Å². The van der Waals surface area contributed by atoms with Gasteiger partial charge < -0.3 is 5.11 Å². The first-order valence-corrected chi connectivity index (χ1v) is 7.19. The number of aromatic hydroxyl groups is 1. The molecule has 0 radical (unpaired) electrons. The highest BCUT2D eigenvalue weighted by Gasteiger charge is 2.20. The van der Waals surface area contributed by atoms with E-state index in [2.05, 4.69) is 9.98 Å². The molecule has 0 fully saturated rings. The number of nitrogens with zero attached hydrogens (tertiary/aromatic N) is 4. The highest BCUT2D eigenvalue weighted by Crippen LogP contribution is 2.36. The number of hydrogen-bond acceptors (Lipinski definition) is 7. The standard InChI is InChI=1S/C12H6Cl2N4O3S/c1-5-12(18(20)21)22-11(16-5)9(4-15)17-6-2-7(13)10(19)8(14)3-6/h2-3,19H,1H3. The molecule has 1 aromatic heterocycles. The van der Waals surface area contributed by atoms with E-state index in [1.54, 1.807) is 0 Å². The van der Waals surface area contributed by atoms with E-state index >= 15 is 0 Å². The predicted molar refractivity (Wildman–Crippen MR) is 83.4 cm³/mol. The number of halogens is 2. The van der Waals surface area contributed by atoms with Crippen LogP contribution < -0.4 is 0 Å². The van der Waals surface area contributed by atoms with E-state index in [4.69, 9.17) is 23.2 Å². The zero-order chi connectivity index (χ0) is 16.4. The van der Waals surface area contributed by atoms with Crippen LogP contribution in [0.4, 0.5) is 10.7 Å². The van der Waals surface area contributed by atoms with Crippen molar-refractivity contribution < 1.29 is 10.0 Å². The Hall–Kier alpha value is -2.21. The van der Waals surface area contributed by atoms with Crippen molar-refractivity contribution in [3.63, 3.8) is 0 Å². The maximum Gasteiger partial charge on any atom is 0.347 e. The van der Waals surface area contributed by atoms with Gasteiger partial charge in [0.2, 0.25) is 0 Å². The molecule has 0 unspecified atom stereocenters. The van der Waals surface area contributed by atoms with Crippen LogP contribution in [-0.2, 0) is 0 Å². The molecule has 0 atom stereocenters. The summed E-state index contributed by atoms with van der Waals surface area (Å²) >= 11 is 12.3. The maximum atomic E-state index is 10.8. The Morgan fingerprint density at radius 2 is 2.09 bits per heavy atom. The molecule has 2 rings (SSSR count). The number of aryl methyl sites for hydroxylation is 1. The molecular weight excluding hydrogens is 351 g/mol. The molecule has 0 aliphatic heterocycles. The van der Waals surface area contributed by atoms with E-state index in [9.17, 15) is 20.5 Å². The fourth-order valence-corrected chi connectivity index (χ4v) is 2.82. The molecule has 10 heteroatoms.